The number of carbonyl (C=O) groups is 2. The van der Waals surface area contributed by atoms with Crippen molar-refractivity contribution in [2.75, 3.05) is 6.61 Å². The third-order valence-corrected chi connectivity index (χ3v) is 2.80. The van der Waals surface area contributed by atoms with Crippen molar-refractivity contribution in [3.8, 4) is 0 Å². The van der Waals surface area contributed by atoms with E-state index < -0.39 is 5.97 Å². The molecule has 0 aliphatic heterocycles. The molecule has 0 saturated carbocycles. The molecule has 0 fully saturated rings. The van der Waals surface area contributed by atoms with Gasteiger partial charge in [0.15, 0.2) is 5.78 Å². The lowest BCUT2D eigenvalue weighted by Gasteiger charge is -2.15. The third-order valence-electron chi connectivity index (χ3n) is 2.80. The van der Waals surface area contributed by atoms with Crippen LogP contribution in [0, 0.1) is 5.92 Å². The van der Waals surface area contributed by atoms with E-state index in [0.29, 0.717) is 6.26 Å². The lowest BCUT2D eigenvalue weighted by molar-refractivity contribution is -0.140. The van der Waals surface area contributed by atoms with Gasteiger partial charge in [-0.25, -0.2) is 4.79 Å². The van der Waals surface area contributed by atoms with Gasteiger partial charge in [-0.3, -0.25) is 4.79 Å². The van der Waals surface area contributed by atoms with Crippen LogP contribution in [0.15, 0.2) is 11.8 Å². The Kier molecular flexibility index (Phi) is 8.97. The molecule has 0 spiro atoms. The molecule has 0 aliphatic rings. The lowest BCUT2D eigenvalue weighted by atomic mass is 9.89. The van der Waals surface area contributed by atoms with Gasteiger partial charge in [-0.2, -0.15) is 0 Å². The second kappa shape index (κ2) is 9.68. The topological polar surface area (TPSA) is 63.6 Å². The smallest absolute Gasteiger partial charge is 0.344 e. The number of unbranched alkanes of at least 4 members (excludes halogenated alkanes) is 1. The van der Waals surface area contributed by atoms with Crippen molar-refractivity contribution in [1.29, 1.82) is 0 Å². The number of ether oxygens (including phenoxy) is 1. The molecule has 18 heavy (non-hydrogen) atoms. The van der Waals surface area contributed by atoms with Crippen LogP contribution in [-0.2, 0) is 14.3 Å². The fraction of sp³-hybridized carbons (Fsp3) is 0.714. The van der Waals surface area contributed by atoms with Crippen LogP contribution in [0.2, 0.25) is 0 Å². The Balaban J connectivity index is 4.75. The number of rotatable bonds is 9. The molecule has 0 rings (SSSR count). The molecule has 0 aromatic heterocycles. The third kappa shape index (κ3) is 5.34. The number of Topliss-reactive ketones (excluding diaryl/α,β-unsaturated/α-hetero) is 1. The van der Waals surface area contributed by atoms with Crippen molar-refractivity contribution in [3.05, 3.63) is 11.8 Å². The van der Waals surface area contributed by atoms with Gasteiger partial charge in [0, 0.05) is 5.92 Å². The summed E-state index contributed by atoms with van der Waals surface area (Å²) in [6.07, 6.45) is 4.88. The van der Waals surface area contributed by atoms with Gasteiger partial charge in [0.2, 0.25) is 0 Å². The van der Waals surface area contributed by atoms with Crippen LogP contribution in [0.25, 0.3) is 0 Å². The molecule has 0 amide bonds. The van der Waals surface area contributed by atoms with Crippen LogP contribution in [-0.4, -0.2) is 23.5 Å². The number of esters is 1. The van der Waals surface area contributed by atoms with E-state index in [4.69, 9.17) is 9.84 Å². The zero-order valence-electron chi connectivity index (χ0n) is 11.6. The normalized spacial score (nSPS) is 13.2. The molecular weight excluding hydrogens is 232 g/mol. The summed E-state index contributed by atoms with van der Waals surface area (Å²) in [6, 6.07) is 0. The second-order valence-electron chi connectivity index (χ2n) is 4.26. The van der Waals surface area contributed by atoms with E-state index in [9.17, 15) is 9.59 Å². The van der Waals surface area contributed by atoms with Crippen LogP contribution in [0.3, 0.4) is 0 Å². The van der Waals surface area contributed by atoms with Crippen LogP contribution in [0.5, 0.6) is 0 Å². The largest absolute Gasteiger partial charge is 0.515 e. The fourth-order valence-corrected chi connectivity index (χ4v) is 1.85. The molecule has 1 N–H and O–H groups in total. The van der Waals surface area contributed by atoms with Crippen LogP contribution in [0.1, 0.15) is 52.9 Å². The van der Waals surface area contributed by atoms with Crippen LogP contribution < -0.4 is 0 Å². The van der Waals surface area contributed by atoms with E-state index in [0.717, 1.165) is 32.1 Å². The SMILES string of the molecule is CCCCC(CCC)C(=O)C(=CO)C(=O)OCC. The minimum atomic E-state index is -0.734. The highest BCUT2D eigenvalue weighted by molar-refractivity contribution is 6.17. The Bertz CT molecular complexity index is 294. The highest BCUT2D eigenvalue weighted by Crippen LogP contribution is 2.20. The molecule has 104 valence electrons. The first kappa shape index (κ1) is 16.7. The molecule has 0 bridgehead atoms. The average molecular weight is 256 g/mol. The van der Waals surface area contributed by atoms with Gasteiger partial charge in [-0.1, -0.05) is 33.1 Å². The Morgan fingerprint density at radius 3 is 2.28 bits per heavy atom. The summed E-state index contributed by atoms with van der Waals surface area (Å²) in [6.45, 7) is 5.91. The van der Waals surface area contributed by atoms with Gasteiger partial charge in [-0.05, 0) is 19.8 Å². The summed E-state index contributed by atoms with van der Waals surface area (Å²) >= 11 is 0. The number of aliphatic hydroxyl groups excluding tert-OH is 1. The maximum Gasteiger partial charge on any atom is 0.344 e. The van der Waals surface area contributed by atoms with E-state index in [1.807, 2.05) is 6.92 Å². The monoisotopic (exact) mass is 256 g/mol. The Hall–Kier alpha value is -1.32. The van der Waals surface area contributed by atoms with Crippen molar-refractivity contribution >= 4 is 11.8 Å². The predicted molar refractivity (Wildman–Crippen MR) is 70.3 cm³/mol. The highest BCUT2D eigenvalue weighted by atomic mass is 16.5. The standard InChI is InChI=1S/C14H24O4/c1-4-7-9-11(8-5-2)13(16)12(10-15)14(17)18-6-3/h10-11,15H,4-9H2,1-3H3. The summed E-state index contributed by atoms with van der Waals surface area (Å²) in [4.78, 5) is 23.7. The molecule has 0 heterocycles. The molecule has 1 atom stereocenters. The summed E-state index contributed by atoms with van der Waals surface area (Å²) in [5, 5.41) is 9.05. The number of aliphatic hydroxyl groups is 1. The van der Waals surface area contributed by atoms with E-state index in [1.165, 1.54) is 0 Å². The van der Waals surface area contributed by atoms with Crippen molar-refractivity contribution in [3.63, 3.8) is 0 Å². The lowest BCUT2D eigenvalue weighted by Crippen LogP contribution is -2.23. The quantitative estimate of drug-likeness (QED) is 0.226. The molecule has 0 aromatic carbocycles. The highest BCUT2D eigenvalue weighted by Gasteiger charge is 2.26. The molecule has 0 aliphatic carbocycles. The molecule has 0 radical (unpaired) electrons. The number of ketones is 1. The molecule has 0 aromatic rings. The van der Waals surface area contributed by atoms with Gasteiger partial charge >= 0.3 is 5.97 Å². The minimum Gasteiger partial charge on any atom is -0.515 e. The first-order valence-electron chi connectivity index (χ1n) is 6.67. The van der Waals surface area contributed by atoms with Gasteiger partial charge in [0.1, 0.15) is 5.57 Å². The maximum absolute atomic E-state index is 12.2. The predicted octanol–water partition coefficient (Wildman–Crippen LogP) is 3.17. The molecule has 4 heteroatoms. The first-order chi connectivity index (χ1) is 8.62. The maximum atomic E-state index is 12.2. The van der Waals surface area contributed by atoms with Crippen molar-refractivity contribution in [2.24, 2.45) is 5.92 Å². The fourth-order valence-electron chi connectivity index (χ4n) is 1.85. The zero-order chi connectivity index (χ0) is 14.0. The summed E-state index contributed by atoms with van der Waals surface area (Å²) < 4.78 is 4.76. The number of hydrogen-bond acceptors (Lipinski definition) is 4. The summed E-state index contributed by atoms with van der Waals surface area (Å²) in [7, 11) is 0. The first-order valence-corrected chi connectivity index (χ1v) is 6.67. The van der Waals surface area contributed by atoms with E-state index in [2.05, 4.69) is 6.92 Å². The van der Waals surface area contributed by atoms with Crippen LogP contribution in [0.4, 0.5) is 0 Å². The van der Waals surface area contributed by atoms with Gasteiger partial charge in [0.25, 0.3) is 0 Å². The van der Waals surface area contributed by atoms with Crippen molar-refractivity contribution in [2.45, 2.75) is 52.9 Å². The molecule has 4 nitrogen and oxygen atoms in total. The molecule has 1 unspecified atom stereocenters. The van der Waals surface area contributed by atoms with Gasteiger partial charge in [-0.15, -0.1) is 0 Å². The Morgan fingerprint density at radius 2 is 1.83 bits per heavy atom. The second-order valence-corrected chi connectivity index (χ2v) is 4.26. The van der Waals surface area contributed by atoms with Gasteiger partial charge in [0.05, 0.1) is 12.9 Å². The Morgan fingerprint density at radius 1 is 1.17 bits per heavy atom. The Labute approximate surface area is 109 Å². The minimum absolute atomic E-state index is 0.191. The molecular formula is C14H24O4. The van der Waals surface area contributed by atoms with Gasteiger partial charge < -0.3 is 9.84 Å². The molecule has 0 saturated heterocycles. The van der Waals surface area contributed by atoms with E-state index >= 15 is 0 Å². The van der Waals surface area contributed by atoms with Crippen molar-refractivity contribution in [1.82, 2.24) is 0 Å². The average Bonchev–Trinajstić information content (AvgIpc) is 2.35. The summed E-state index contributed by atoms with van der Waals surface area (Å²) in [5.41, 5.74) is -0.230. The number of hydrogen-bond donors (Lipinski definition) is 1. The van der Waals surface area contributed by atoms with E-state index in [1.54, 1.807) is 6.92 Å². The van der Waals surface area contributed by atoms with Crippen molar-refractivity contribution < 1.29 is 19.4 Å². The number of carbonyl (C=O) groups excluding carboxylic acids is 2. The van der Waals surface area contributed by atoms with Crippen LogP contribution >= 0.6 is 0 Å². The summed E-state index contributed by atoms with van der Waals surface area (Å²) in [5.74, 6) is -1.23. The zero-order valence-corrected chi connectivity index (χ0v) is 11.6. The van der Waals surface area contributed by atoms with E-state index in [-0.39, 0.29) is 23.9 Å².